The number of halogens is 1. The van der Waals surface area contributed by atoms with Gasteiger partial charge in [-0.15, -0.1) is 0 Å². The third-order valence-corrected chi connectivity index (χ3v) is 3.69. The molecule has 0 heterocycles. The number of ether oxygens (including phenoxy) is 3. The molecule has 5 nitrogen and oxygen atoms in total. The van der Waals surface area contributed by atoms with E-state index in [4.69, 9.17) is 9.47 Å². The Kier molecular flexibility index (Phi) is 5.87. The maximum absolute atomic E-state index is 11.2. The molecule has 2 rings (SSSR count). The van der Waals surface area contributed by atoms with E-state index in [1.165, 1.54) is 20.0 Å². The van der Waals surface area contributed by atoms with E-state index in [-0.39, 0.29) is 6.61 Å². The maximum Gasteiger partial charge on any atom is 0.343 e. The SMILES string of the molecule is CCOc1cc(CNC2CC2)cc(Br)c1OCC(=O)OC. The van der Waals surface area contributed by atoms with Crippen molar-refractivity contribution in [3.05, 3.63) is 22.2 Å². The van der Waals surface area contributed by atoms with Crippen LogP contribution >= 0.6 is 15.9 Å². The molecule has 0 aromatic heterocycles. The standard InChI is InChI=1S/C15H20BrNO4/c1-3-20-13-7-10(8-17-11-4-5-11)6-12(16)15(13)21-9-14(18)19-2/h6-7,11,17H,3-5,8-9H2,1-2H3. The van der Waals surface area contributed by atoms with Crippen molar-refractivity contribution in [3.63, 3.8) is 0 Å². The number of carbonyl (C=O) groups excluding carboxylic acids is 1. The molecule has 1 aromatic rings. The van der Waals surface area contributed by atoms with Gasteiger partial charge in [-0.1, -0.05) is 0 Å². The molecule has 0 saturated heterocycles. The summed E-state index contributed by atoms with van der Waals surface area (Å²) in [6.07, 6.45) is 2.50. The van der Waals surface area contributed by atoms with Crippen molar-refractivity contribution in [2.24, 2.45) is 0 Å². The molecule has 1 aliphatic rings. The highest BCUT2D eigenvalue weighted by Gasteiger charge is 2.21. The van der Waals surface area contributed by atoms with E-state index in [1.807, 2.05) is 19.1 Å². The van der Waals surface area contributed by atoms with E-state index >= 15 is 0 Å². The van der Waals surface area contributed by atoms with Crippen molar-refractivity contribution in [2.45, 2.75) is 32.4 Å². The molecule has 116 valence electrons. The lowest BCUT2D eigenvalue weighted by Crippen LogP contribution is -2.16. The molecule has 1 saturated carbocycles. The van der Waals surface area contributed by atoms with E-state index in [2.05, 4.69) is 26.0 Å². The van der Waals surface area contributed by atoms with Gasteiger partial charge in [-0.2, -0.15) is 0 Å². The highest BCUT2D eigenvalue weighted by atomic mass is 79.9. The lowest BCUT2D eigenvalue weighted by atomic mass is 10.2. The molecule has 0 bridgehead atoms. The first-order chi connectivity index (χ1) is 10.1. The summed E-state index contributed by atoms with van der Waals surface area (Å²) in [7, 11) is 1.33. The maximum atomic E-state index is 11.2. The van der Waals surface area contributed by atoms with Crippen LogP contribution in [0.3, 0.4) is 0 Å². The smallest absolute Gasteiger partial charge is 0.343 e. The van der Waals surface area contributed by atoms with Gasteiger partial charge in [-0.3, -0.25) is 0 Å². The van der Waals surface area contributed by atoms with Gasteiger partial charge in [0.25, 0.3) is 0 Å². The Morgan fingerprint density at radius 1 is 1.38 bits per heavy atom. The Hall–Kier alpha value is -1.27. The molecule has 21 heavy (non-hydrogen) atoms. The van der Waals surface area contributed by atoms with Crippen LogP contribution in [0.4, 0.5) is 0 Å². The average molecular weight is 358 g/mol. The van der Waals surface area contributed by atoms with E-state index in [9.17, 15) is 4.79 Å². The fourth-order valence-corrected chi connectivity index (χ4v) is 2.47. The molecule has 1 N–H and O–H groups in total. The predicted octanol–water partition coefficient (Wildman–Crippen LogP) is 2.65. The topological polar surface area (TPSA) is 56.8 Å². The number of hydrogen-bond donors (Lipinski definition) is 1. The molecule has 0 spiro atoms. The lowest BCUT2D eigenvalue weighted by Gasteiger charge is -2.15. The Morgan fingerprint density at radius 3 is 2.76 bits per heavy atom. The Balaban J connectivity index is 2.10. The van der Waals surface area contributed by atoms with Gasteiger partial charge < -0.3 is 19.5 Å². The van der Waals surface area contributed by atoms with E-state index in [0.717, 1.165) is 16.6 Å². The van der Waals surface area contributed by atoms with Crippen molar-refractivity contribution < 1.29 is 19.0 Å². The summed E-state index contributed by atoms with van der Waals surface area (Å²) in [6, 6.07) is 4.57. The fraction of sp³-hybridized carbons (Fsp3) is 0.533. The molecule has 0 aliphatic heterocycles. The van der Waals surface area contributed by atoms with Crippen LogP contribution in [-0.2, 0) is 16.1 Å². The van der Waals surface area contributed by atoms with Gasteiger partial charge in [-0.05, 0) is 53.4 Å². The minimum absolute atomic E-state index is 0.144. The first-order valence-electron chi connectivity index (χ1n) is 7.02. The summed E-state index contributed by atoms with van der Waals surface area (Å²) in [6.45, 7) is 3.09. The second-order valence-electron chi connectivity index (χ2n) is 4.86. The number of nitrogens with one attached hydrogen (secondary N) is 1. The molecule has 6 heteroatoms. The fourth-order valence-electron chi connectivity index (χ4n) is 1.87. The van der Waals surface area contributed by atoms with Crippen molar-refractivity contribution in [2.75, 3.05) is 20.3 Å². The zero-order valence-electron chi connectivity index (χ0n) is 12.3. The zero-order chi connectivity index (χ0) is 15.2. The highest BCUT2D eigenvalue weighted by molar-refractivity contribution is 9.10. The van der Waals surface area contributed by atoms with Crippen LogP contribution in [0.1, 0.15) is 25.3 Å². The zero-order valence-corrected chi connectivity index (χ0v) is 13.9. The quantitative estimate of drug-likeness (QED) is 0.724. The number of carbonyl (C=O) groups is 1. The second kappa shape index (κ2) is 7.66. The molecule has 1 aromatic carbocycles. The van der Waals surface area contributed by atoms with Crippen molar-refractivity contribution >= 4 is 21.9 Å². The van der Waals surface area contributed by atoms with Crippen LogP contribution < -0.4 is 14.8 Å². The largest absolute Gasteiger partial charge is 0.490 e. The van der Waals surface area contributed by atoms with Gasteiger partial charge in [0.1, 0.15) is 0 Å². The van der Waals surface area contributed by atoms with Crippen molar-refractivity contribution in [1.29, 1.82) is 0 Å². The van der Waals surface area contributed by atoms with E-state index in [0.29, 0.717) is 24.1 Å². The Bertz CT molecular complexity index is 503. The normalized spacial score (nSPS) is 13.9. The molecular formula is C15H20BrNO4. The third-order valence-electron chi connectivity index (χ3n) is 3.10. The number of hydrogen-bond acceptors (Lipinski definition) is 5. The van der Waals surface area contributed by atoms with Crippen LogP contribution in [-0.4, -0.2) is 32.3 Å². The first-order valence-corrected chi connectivity index (χ1v) is 7.81. The van der Waals surface area contributed by atoms with Crippen molar-refractivity contribution in [3.8, 4) is 11.5 Å². The Morgan fingerprint density at radius 2 is 2.14 bits per heavy atom. The summed E-state index contributed by atoms with van der Waals surface area (Å²) in [5.74, 6) is 0.727. The molecule has 1 aliphatic carbocycles. The molecule has 0 amide bonds. The summed E-state index contributed by atoms with van der Waals surface area (Å²) in [5.41, 5.74) is 1.11. The molecule has 1 fully saturated rings. The van der Waals surface area contributed by atoms with Crippen LogP contribution in [0, 0.1) is 0 Å². The average Bonchev–Trinajstić information content (AvgIpc) is 3.28. The summed E-state index contributed by atoms with van der Waals surface area (Å²) < 4.78 is 16.5. The minimum atomic E-state index is -0.427. The highest BCUT2D eigenvalue weighted by Crippen LogP contribution is 2.37. The molecule has 0 atom stereocenters. The molecular weight excluding hydrogens is 338 g/mol. The van der Waals surface area contributed by atoms with E-state index in [1.54, 1.807) is 0 Å². The predicted molar refractivity (Wildman–Crippen MR) is 82.7 cm³/mol. The van der Waals surface area contributed by atoms with Gasteiger partial charge in [0.05, 0.1) is 18.2 Å². The van der Waals surface area contributed by atoms with Crippen molar-refractivity contribution in [1.82, 2.24) is 5.32 Å². The molecule has 0 radical (unpaired) electrons. The third kappa shape index (κ3) is 4.89. The van der Waals surface area contributed by atoms with Crippen LogP contribution in [0.2, 0.25) is 0 Å². The van der Waals surface area contributed by atoms with E-state index < -0.39 is 5.97 Å². The summed E-state index contributed by atoms with van der Waals surface area (Å²) in [5, 5.41) is 3.46. The van der Waals surface area contributed by atoms with Gasteiger partial charge in [0.15, 0.2) is 18.1 Å². The van der Waals surface area contributed by atoms with Crippen LogP contribution in [0.5, 0.6) is 11.5 Å². The number of methoxy groups -OCH3 is 1. The van der Waals surface area contributed by atoms with Gasteiger partial charge in [0.2, 0.25) is 0 Å². The lowest BCUT2D eigenvalue weighted by molar-refractivity contribution is -0.142. The Labute approximate surface area is 133 Å². The van der Waals surface area contributed by atoms with Crippen LogP contribution in [0.25, 0.3) is 0 Å². The summed E-state index contributed by atoms with van der Waals surface area (Å²) in [4.78, 5) is 11.2. The van der Waals surface area contributed by atoms with Gasteiger partial charge in [-0.25, -0.2) is 4.79 Å². The number of benzene rings is 1. The number of rotatable bonds is 8. The monoisotopic (exact) mass is 357 g/mol. The first kappa shape index (κ1) is 16.1. The number of esters is 1. The molecule has 0 unspecified atom stereocenters. The second-order valence-corrected chi connectivity index (χ2v) is 5.71. The van der Waals surface area contributed by atoms with Gasteiger partial charge >= 0.3 is 5.97 Å². The van der Waals surface area contributed by atoms with Crippen LogP contribution in [0.15, 0.2) is 16.6 Å². The summed E-state index contributed by atoms with van der Waals surface area (Å²) >= 11 is 3.48. The van der Waals surface area contributed by atoms with Gasteiger partial charge in [0, 0.05) is 12.6 Å². The minimum Gasteiger partial charge on any atom is -0.490 e.